The number of ether oxygens (including phenoxy) is 1. The van der Waals surface area contributed by atoms with Crippen molar-refractivity contribution in [1.82, 2.24) is 0 Å². The molecule has 1 saturated heterocycles. The van der Waals surface area contributed by atoms with Crippen molar-refractivity contribution < 1.29 is 13.9 Å². The summed E-state index contributed by atoms with van der Waals surface area (Å²) >= 11 is 3.24. The first-order valence-corrected chi connectivity index (χ1v) is 5.57. The average molecular weight is 273 g/mol. The summed E-state index contributed by atoms with van der Waals surface area (Å²) in [5.74, 6) is -0.262. The Balaban J connectivity index is 2.31. The molecule has 2 rings (SSSR count). The molecule has 0 aliphatic carbocycles. The molecule has 1 aliphatic rings. The Morgan fingerprint density at radius 2 is 2.27 bits per heavy atom. The smallest absolute Gasteiger partial charge is 0.166 e. The van der Waals surface area contributed by atoms with Crippen molar-refractivity contribution in [3.8, 4) is 0 Å². The van der Waals surface area contributed by atoms with Gasteiger partial charge in [-0.3, -0.25) is 4.79 Å². The number of hydrogen-bond donors (Lipinski definition) is 0. The summed E-state index contributed by atoms with van der Waals surface area (Å²) in [6.07, 6.45) is 0.775. The van der Waals surface area contributed by atoms with E-state index in [4.69, 9.17) is 4.74 Å². The van der Waals surface area contributed by atoms with Gasteiger partial charge < -0.3 is 4.74 Å². The first-order valence-electron chi connectivity index (χ1n) is 4.78. The van der Waals surface area contributed by atoms with Crippen LogP contribution in [-0.4, -0.2) is 12.4 Å². The zero-order valence-electron chi connectivity index (χ0n) is 8.00. The van der Waals surface area contributed by atoms with Gasteiger partial charge in [0.15, 0.2) is 5.78 Å². The Morgan fingerprint density at radius 3 is 2.93 bits per heavy atom. The van der Waals surface area contributed by atoms with Crippen LogP contribution in [-0.2, 0) is 9.53 Å². The zero-order chi connectivity index (χ0) is 10.8. The second-order valence-electron chi connectivity index (χ2n) is 3.49. The summed E-state index contributed by atoms with van der Waals surface area (Å²) < 4.78 is 18.8. The van der Waals surface area contributed by atoms with E-state index in [1.807, 2.05) is 0 Å². The molecule has 1 aliphatic heterocycles. The first kappa shape index (κ1) is 10.8. The Kier molecular flexibility index (Phi) is 3.17. The predicted molar refractivity (Wildman–Crippen MR) is 57.0 cm³/mol. The van der Waals surface area contributed by atoms with Gasteiger partial charge >= 0.3 is 0 Å². The van der Waals surface area contributed by atoms with E-state index in [0.29, 0.717) is 23.1 Å². The Labute approximate surface area is 95.6 Å². The van der Waals surface area contributed by atoms with Crippen LogP contribution in [0.2, 0.25) is 0 Å². The van der Waals surface area contributed by atoms with Gasteiger partial charge in [0.1, 0.15) is 11.9 Å². The summed E-state index contributed by atoms with van der Waals surface area (Å²) in [4.78, 5) is 11.6. The van der Waals surface area contributed by atoms with E-state index in [1.165, 1.54) is 12.1 Å². The van der Waals surface area contributed by atoms with Crippen LogP contribution >= 0.6 is 15.9 Å². The number of benzene rings is 1. The average Bonchev–Trinajstić information content (AvgIpc) is 2.20. The minimum atomic E-state index is -0.534. The molecular formula is C11H10BrFO2. The molecular weight excluding hydrogens is 263 g/mol. The minimum Gasteiger partial charge on any atom is -0.366 e. The van der Waals surface area contributed by atoms with E-state index < -0.39 is 6.10 Å². The molecule has 4 heteroatoms. The third-order valence-corrected chi connectivity index (χ3v) is 3.08. The summed E-state index contributed by atoms with van der Waals surface area (Å²) in [6.45, 7) is 0.584. The number of carbonyl (C=O) groups is 1. The lowest BCUT2D eigenvalue weighted by Crippen LogP contribution is -2.22. The molecule has 0 aromatic heterocycles. The van der Waals surface area contributed by atoms with Gasteiger partial charge in [-0.15, -0.1) is 0 Å². The maximum absolute atomic E-state index is 12.9. The monoisotopic (exact) mass is 272 g/mol. The fourth-order valence-electron chi connectivity index (χ4n) is 1.65. The Bertz CT molecular complexity index is 392. The molecule has 1 aromatic carbocycles. The number of carbonyl (C=O) groups excluding carboxylic acids is 1. The third kappa shape index (κ3) is 2.26. The van der Waals surface area contributed by atoms with E-state index in [9.17, 15) is 9.18 Å². The maximum Gasteiger partial charge on any atom is 0.166 e. The fraction of sp³-hybridized carbons (Fsp3) is 0.364. The van der Waals surface area contributed by atoms with Gasteiger partial charge in [0, 0.05) is 23.1 Å². The van der Waals surface area contributed by atoms with Gasteiger partial charge in [-0.05, 0) is 18.6 Å². The molecule has 80 valence electrons. The normalized spacial score (nSPS) is 21.7. The summed E-state index contributed by atoms with van der Waals surface area (Å²) in [7, 11) is 0. The molecule has 1 heterocycles. The van der Waals surface area contributed by atoms with E-state index in [-0.39, 0.29) is 11.6 Å². The molecule has 0 radical (unpaired) electrons. The topological polar surface area (TPSA) is 26.3 Å². The highest BCUT2D eigenvalue weighted by atomic mass is 79.9. The molecule has 1 aromatic rings. The number of rotatable bonds is 1. The second kappa shape index (κ2) is 4.41. The van der Waals surface area contributed by atoms with Crippen LogP contribution in [0, 0.1) is 5.82 Å². The van der Waals surface area contributed by atoms with Gasteiger partial charge in [-0.1, -0.05) is 22.0 Å². The lowest BCUT2D eigenvalue weighted by atomic mass is 10.0. The Morgan fingerprint density at radius 1 is 1.47 bits per heavy atom. The standard InChI is InChI=1S/C11H10BrFO2/c12-9-6-7(13)3-4-8(9)11-10(14)2-1-5-15-11/h3-4,6,11H,1-2,5H2. The van der Waals surface area contributed by atoms with Crippen LogP contribution in [0.15, 0.2) is 22.7 Å². The van der Waals surface area contributed by atoms with Crippen LogP contribution in [0.25, 0.3) is 0 Å². The van der Waals surface area contributed by atoms with Gasteiger partial charge in [-0.2, -0.15) is 0 Å². The minimum absolute atomic E-state index is 0.0635. The van der Waals surface area contributed by atoms with Gasteiger partial charge in [0.05, 0.1) is 0 Å². The highest BCUT2D eigenvalue weighted by Gasteiger charge is 2.26. The van der Waals surface area contributed by atoms with Crippen molar-refractivity contribution in [3.05, 3.63) is 34.1 Å². The second-order valence-corrected chi connectivity index (χ2v) is 4.34. The molecule has 0 saturated carbocycles. The number of ketones is 1. The Hall–Kier alpha value is -0.740. The molecule has 2 nitrogen and oxygen atoms in total. The van der Waals surface area contributed by atoms with Crippen molar-refractivity contribution in [3.63, 3.8) is 0 Å². The molecule has 1 fully saturated rings. The first-order chi connectivity index (χ1) is 7.18. The maximum atomic E-state index is 12.9. The highest BCUT2D eigenvalue weighted by molar-refractivity contribution is 9.10. The lowest BCUT2D eigenvalue weighted by Gasteiger charge is -2.22. The van der Waals surface area contributed by atoms with Crippen molar-refractivity contribution in [2.45, 2.75) is 18.9 Å². The van der Waals surface area contributed by atoms with Crippen LogP contribution in [0.3, 0.4) is 0 Å². The fourth-order valence-corrected chi connectivity index (χ4v) is 2.21. The van der Waals surface area contributed by atoms with Crippen LogP contribution < -0.4 is 0 Å². The van der Waals surface area contributed by atoms with Crippen LogP contribution in [0.4, 0.5) is 4.39 Å². The van der Waals surface area contributed by atoms with Crippen molar-refractivity contribution in [2.75, 3.05) is 6.61 Å². The summed E-state index contributed by atoms with van der Waals surface area (Å²) in [5.41, 5.74) is 0.709. The third-order valence-electron chi connectivity index (χ3n) is 2.39. The van der Waals surface area contributed by atoms with E-state index >= 15 is 0 Å². The highest BCUT2D eigenvalue weighted by Crippen LogP contribution is 2.30. The van der Waals surface area contributed by atoms with Crippen molar-refractivity contribution in [1.29, 1.82) is 0 Å². The molecule has 0 N–H and O–H groups in total. The van der Waals surface area contributed by atoms with Crippen molar-refractivity contribution >= 4 is 21.7 Å². The number of hydrogen-bond acceptors (Lipinski definition) is 2. The van der Waals surface area contributed by atoms with E-state index in [0.717, 1.165) is 6.42 Å². The molecule has 1 atom stereocenters. The quantitative estimate of drug-likeness (QED) is 0.786. The van der Waals surface area contributed by atoms with Gasteiger partial charge in [0.2, 0.25) is 0 Å². The van der Waals surface area contributed by atoms with Gasteiger partial charge in [0.25, 0.3) is 0 Å². The molecule has 15 heavy (non-hydrogen) atoms. The summed E-state index contributed by atoms with van der Waals surface area (Å²) in [5, 5.41) is 0. The van der Waals surface area contributed by atoms with Crippen LogP contribution in [0.5, 0.6) is 0 Å². The van der Waals surface area contributed by atoms with Crippen LogP contribution in [0.1, 0.15) is 24.5 Å². The summed E-state index contributed by atoms with van der Waals surface area (Å²) in [6, 6.07) is 4.28. The van der Waals surface area contributed by atoms with Gasteiger partial charge in [-0.25, -0.2) is 4.39 Å². The molecule has 0 amide bonds. The number of halogens is 2. The lowest BCUT2D eigenvalue weighted by molar-refractivity contribution is -0.136. The largest absolute Gasteiger partial charge is 0.366 e. The van der Waals surface area contributed by atoms with E-state index in [1.54, 1.807) is 6.07 Å². The molecule has 1 unspecified atom stereocenters. The zero-order valence-corrected chi connectivity index (χ0v) is 9.59. The van der Waals surface area contributed by atoms with E-state index in [2.05, 4.69) is 15.9 Å². The van der Waals surface area contributed by atoms with Crippen molar-refractivity contribution in [2.24, 2.45) is 0 Å². The predicted octanol–water partition coefficient (Wildman–Crippen LogP) is 3.01. The molecule has 0 bridgehead atoms. The molecule has 0 spiro atoms. The SMILES string of the molecule is O=C1CCCOC1c1ccc(F)cc1Br. The number of Topliss-reactive ketones (excluding diaryl/α,β-unsaturated/α-hetero) is 1.